The molecule has 1 aromatic carbocycles. The third-order valence-electron chi connectivity index (χ3n) is 2.51. The van der Waals surface area contributed by atoms with Crippen molar-refractivity contribution < 1.29 is 4.79 Å². The number of amides is 1. The number of halogens is 1. The third kappa shape index (κ3) is 3.22. The summed E-state index contributed by atoms with van der Waals surface area (Å²) >= 11 is 6.03. The molecule has 3 nitrogen and oxygen atoms in total. The molecular weight excluding hydrogens is 224 g/mol. The Bertz CT molecular complexity index is 368. The van der Waals surface area contributed by atoms with Crippen molar-refractivity contribution in [2.24, 2.45) is 5.73 Å². The van der Waals surface area contributed by atoms with Gasteiger partial charge in [0.25, 0.3) is 0 Å². The molecular formula is C12H17ClN2O. The maximum Gasteiger partial charge on any atom is 0.237 e. The van der Waals surface area contributed by atoms with Crippen LogP contribution in [0, 0.1) is 0 Å². The Hall–Kier alpha value is -1.06. The molecule has 0 aliphatic rings. The molecule has 1 amide bonds. The van der Waals surface area contributed by atoms with E-state index in [-0.39, 0.29) is 11.9 Å². The second kappa shape index (κ2) is 5.87. The van der Waals surface area contributed by atoms with Crippen LogP contribution in [0.5, 0.6) is 0 Å². The van der Waals surface area contributed by atoms with Crippen LogP contribution >= 0.6 is 11.6 Å². The van der Waals surface area contributed by atoms with Crippen LogP contribution < -0.4 is 11.1 Å². The van der Waals surface area contributed by atoms with Gasteiger partial charge in [-0.2, -0.15) is 0 Å². The lowest BCUT2D eigenvalue weighted by molar-refractivity contribution is -0.123. The minimum absolute atomic E-state index is 0.126. The van der Waals surface area contributed by atoms with Gasteiger partial charge in [-0.3, -0.25) is 4.79 Å². The third-order valence-corrected chi connectivity index (χ3v) is 2.85. The van der Waals surface area contributed by atoms with Crippen molar-refractivity contribution in [2.45, 2.75) is 32.4 Å². The Morgan fingerprint density at radius 2 is 2.12 bits per heavy atom. The van der Waals surface area contributed by atoms with Gasteiger partial charge in [0.1, 0.15) is 0 Å². The molecule has 0 saturated heterocycles. The molecule has 1 aromatic rings. The van der Waals surface area contributed by atoms with Gasteiger partial charge in [-0.05, 0) is 25.0 Å². The van der Waals surface area contributed by atoms with E-state index in [1.54, 1.807) is 6.07 Å². The average Bonchev–Trinajstić information content (AvgIpc) is 2.28. The van der Waals surface area contributed by atoms with Crippen LogP contribution in [0.2, 0.25) is 5.02 Å². The van der Waals surface area contributed by atoms with Gasteiger partial charge in [0.2, 0.25) is 5.91 Å². The van der Waals surface area contributed by atoms with E-state index < -0.39 is 6.04 Å². The van der Waals surface area contributed by atoms with Crippen LogP contribution in [-0.2, 0) is 4.79 Å². The van der Waals surface area contributed by atoms with Gasteiger partial charge in [0.05, 0.1) is 12.1 Å². The second-order valence-corrected chi connectivity index (χ2v) is 4.17. The number of rotatable bonds is 4. The highest BCUT2D eigenvalue weighted by atomic mass is 35.5. The minimum Gasteiger partial charge on any atom is -0.348 e. The predicted octanol–water partition coefficient (Wildman–Crippen LogP) is 2.25. The SMILES string of the molecule is CC[C@@H](N)C(=O)N[C@@H](C)c1ccccc1Cl. The average molecular weight is 241 g/mol. The van der Waals surface area contributed by atoms with Crippen molar-refractivity contribution in [2.75, 3.05) is 0 Å². The van der Waals surface area contributed by atoms with E-state index in [0.29, 0.717) is 11.4 Å². The van der Waals surface area contributed by atoms with E-state index in [4.69, 9.17) is 17.3 Å². The topological polar surface area (TPSA) is 55.1 Å². The highest BCUT2D eigenvalue weighted by Crippen LogP contribution is 2.21. The van der Waals surface area contributed by atoms with Gasteiger partial charge < -0.3 is 11.1 Å². The summed E-state index contributed by atoms with van der Waals surface area (Å²) in [6.07, 6.45) is 0.626. The Balaban J connectivity index is 2.69. The summed E-state index contributed by atoms with van der Waals surface area (Å²) in [5.74, 6) is -0.144. The summed E-state index contributed by atoms with van der Waals surface area (Å²) in [4.78, 5) is 11.6. The Labute approximate surface area is 101 Å². The molecule has 0 spiro atoms. The van der Waals surface area contributed by atoms with Crippen molar-refractivity contribution >= 4 is 17.5 Å². The first-order valence-corrected chi connectivity index (χ1v) is 5.74. The molecule has 0 unspecified atom stereocenters. The maximum atomic E-state index is 11.6. The van der Waals surface area contributed by atoms with Crippen molar-refractivity contribution in [1.29, 1.82) is 0 Å². The Morgan fingerprint density at radius 3 is 2.69 bits per heavy atom. The van der Waals surface area contributed by atoms with Gasteiger partial charge in [-0.1, -0.05) is 36.7 Å². The first-order chi connectivity index (χ1) is 7.56. The molecule has 0 saturated carbocycles. The Morgan fingerprint density at radius 1 is 1.50 bits per heavy atom. The molecule has 1 rings (SSSR count). The monoisotopic (exact) mass is 240 g/mol. The van der Waals surface area contributed by atoms with Gasteiger partial charge >= 0.3 is 0 Å². The molecule has 16 heavy (non-hydrogen) atoms. The lowest BCUT2D eigenvalue weighted by Gasteiger charge is -2.18. The zero-order valence-electron chi connectivity index (χ0n) is 9.53. The minimum atomic E-state index is -0.454. The number of hydrogen-bond donors (Lipinski definition) is 2. The van der Waals surface area contributed by atoms with Crippen LogP contribution in [0.4, 0.5) is 0 Å². The van der Waals surface area contributed by atoms with E-state index >= 15 is 0 Å². The van der Waals surface area contributed by atoms with E-state index in [1.165, 1.54) is 0 Å². The van der Waals surface area contributed by atoms with E-state index in [9.17, 15) is 4.79 Å². The van der Waals surface area contributed by atoms with E-state index in [1.807, 2.05) is 32.0 Å². The van der Waals surface area contributed by atoms with E-state index in [0.717, 1.165) is 5.56 Å². The molecule has 3 N–H and O–H groups in total. The van der Waals surface area contributed by atoms with Gasteiger partial charge in [0.15, 0.2) is 0 Å². The number of carbonyl (C=O) groups is 1. The van der Waals surface area contributed by atoms with Crippen molar-refractivity contribution in [3.8, 4) is 0 Å². The van der Waals surface area contributed by atoms with Crippen LogP contribution in [0.25, 0.3) is 0 Å². The molecule has 0 heterocycles. The molecule has 0 fully saturated rings. The number of nitrogens with two attached hydrogens (primary N) is 1. The van der Waals surface area contributed by atoms with Gasteiger partial charge in [0, 0.05) is 5.02 Å². The summed E-state index contributed by atoms with van der Waals surface area (Å²) < 4.78 is 0. The molecule has 0 aliphatic heterocycles. The van der Waals surface area contributed by atoms with Gasteiger partial charge in [-0.25, -0.2) is 0 Å². The first-order valence-electron chi connectivity index (χ1n) is 5.36. The zero-order chi connectivity index (χ0) is 12.1. The quantitative estimate of drug-likeness (QED) is 0.848. The predicted molar refractivity (Wildman–Crippen MR) is 66.3 cm³/mol. The summed E-state index contributed by atoms with van der Waals surface area (Å²) in [5, 5.41) is 3.49. The van der Waals surface area contributed by atoms with E-state index in [2.05, 4.69) is 5.32 Å². The van der Waals surface area contributed by atoms with Gasteiger partial charge in [-0.15, -0.1) is 0 Å². The molecule has 0 aliphatic carbocycles. The fourth-order valence-corrected chi connectivity index (χ4v) is 1.71. The largest absolute Gasteiger partial charge is 0.348 e. The summed E-state index contributed by atoms with van der Waals surface area (Å²) in [5.41, 5.74) is 6.54. The fourth-order valence-electron chi connectivity index (χ4n) is 1.41. The number of benzene rings is 1. The van der Waals surface area contributed by atoms with Crippen molar-refractivity contribution in [3.05, 3.63) is 34.9 Å². The number of carbonyl (C=O) groups excluding carboxylic acids is 1. The fraction of sp³-hybridized carbons (Fsp3) is 0.417. The van der Waals surface area contributed by atoms with Crippen molar-refractivity contribution in [3.63, 3.8) is 0 Å². The number of hydrogen-bond acceptors (Lipinski definition) is 2. The molecule has 0 radical (unpaired) electrons. The standard InChI is InChI=1S/C12H17ClN2O/c1-3-11(14)12(16)15-8(2)9-6-4-5-7-10(9)13/h4-8,11H,3,14H2,1-2H3,(H,15,16)/t8-,11+/m0/s1. The van der Waals surface area contributed by atoms with Crippen LogP contribution in [-0.4, -0.2) is 11.9 Å². The zero-order valence-corrected chi connectivity index (χ0v) is 10.3. The summed E-state index contributed by atoms with van der Waals surface area (Å²) in [7, 11) is 0. The molecule has 2 atom stereocenters. The lowest BCUT2D eigenvalue weighted by atomic mass is 10.1. The molecule has 0 bridgehead atoms. The maximum absolute atomic E-state index is 11.6. The van der Waals surface area contributed by atoms with Crippen molar-refractivity contribution in [1.82, 2.24) is 5.32 Å². The highest BCUT2D eigenvalue weighted by molar-refractivity contribution is 6.31. The number of nitrogens with one attached hydrogen (secondary N) is 1. The first kappa shape index (κ1) is 13.0. The second-order valence-electron chi connectivity index (χ2n) is 3.77. The smallest absolute Gasteiger partial charge is 0.237 e. The van der Waals surface area contributed by atoms with Crippen LogP contribution in [0.3, 0.4) is 0 Å². The van der Waals surface area contributed by atoms with Crippen LogP contribution in [0.1, 0.15) is 31.9 Å². The molecule has 4 heteroatoms. The summed E-state index contributed by atoms with van der Waals surface area (Å²) in [6.45, 7) is 3.77. The highest BCUT2D eigenvalue weighted by Gasteiger charge is 2.16. The molecule has 0 aromatic heterocycles. The summed E-state index contributed by atoms with van der Waals surface area (Å²) in [6, 6.07) is 6.87. The lowest BCUT2D eigenvalue weighted by Crippen LogP contribution is -2.41. The molecule has 88 valence electrons. The normalized spacial score (nSPS) is 14.2. The van der Waals surface area contributed by atoms with Crippen LogP contribution in [0.15, 0.2) is 24.3 Å². The Kier molecular flexibility index (Phi) is 4.77.